The zero-order valence-corrected chi connectivity index (χ0v) is 17.6. The van der Waals surface area contributed by atoms with Crippen LogP contribution in [-0.2, 0) is 0 Å². The largest absolute Gasteiger partial charge is 0.147 e. The van der Waals surface area contributed by atoms with E-state index >= 15 is 0 Å². The molecule has 0 bridgehead atoms. The molecule has 0 aromatic rings. The molecule has 0 N–H and O–H groups in total. The van der Waals surface area contributed by atoms with Gasteiger partial charge in [-0.05, 0) is 25.9 Å². The zero-order chi connectivity index (χ0) is 15.6. The van der Waals surface area contributed by atoms with Gasteiger partial charge in [0.2, 0.25) is 0 Å². The van der Waals surface area contributed by atoms with Crippen molar-refractivity contribution in [3.8, 4) is 0 Å². The van der Waals surface area contributed by atoms with Gasteiger partial charge in [0.15, 0.2) is 0 Å². The van der Waals surface area contributed by atoms with Crippen LogP contribution < -0.4 is 0 Å². The van der Waals surface area contributed by atoms with Crippen molar-refractivity contribution >= 4 is 20.3 Å². The van der Waals surface area contributed by atoms with Crippen molar-refractivity contribution in [2.45, 2.75) is 110 Å². The van der Waals surface area contributed by atoms with Gasteiger partial charge in [0.05, 0.1) is 0 Å². The minimum Gasteiger partial charge on any atom is -0.147 e. The Kier molecular flexibility index (Phi) is 24.6. The molecule has 2 heteroatoms. The molecule has 0 aromatic carbocycles. The zero-order valence-electron chi connectivity index (χ0n) is 15.9. The molecule has 0 aliphatic carbocycles. The molecule has 0 unspecified atom stereocenters. The maximum absolute atomic E-state index is 2.40. The van der Waals surface area contributed by atoms with Gasteiger partial charge in [-0.1, -0.05) is 103 Å². The Morgan fingerprint density at radius 1 is 0.455 bits per heavy atom. The molecule has 0 radical (unpaired) electrons. The van der Waals surface area contributed by atoms with Crippen LogP contribution >= 0.6 is 20.3 Å². The number of unbranched alkanes of at least 4 members (excludes halogenated alkanes) is 15. The van der Waals surface area contributed by atoms with E-state index in [2.05, 4.69) is 20.3 Å². The fraction of sp³-hybridized carbons (Fsp3) is 1.00. The SMILES string of the molecule is CCCCCCCCCCCCCCCCCCP(C)C.Cl. The summed E-state index contributed by atoms with van der Waals surface area (Å²) in [5.41, 5.74) is 0. The second kappa shape index (κ2) is 21.7. The molecule has 0 spiro atoms. The third-order valence-corrected chi connectivity index (χ3v) is 5.67. The summed E-state index contributed by atoms with van der Waals surface area (Å²) < 4.78 is 0. The minimum atomic E-state index is 0. The molecule has 0 saturated carbocycles. The lowest BCUT2D eigenvalue weighted by Crippen LogP contribution is -1.85. The Morgan fingerprint density at radius 2 is 0.727 bits per heavy atom. The molecular formula is C20H44ClP. The highest BCUT2D eigenvalue weighted by Crippen LogP contribution is 2.26. The Labute approximate surface area is 149 Å². The van der Waals surface area contributed by atoms with E-state index in [1.165, 1.54) is 109 Å². The van der Waals surface area contributed by atoms with Crippen molar-refractivity contribution in [1.82, 2.24) is 0 Å². The lowest BCUT2D eigenvalue weighted by molar-refractivity contribution is 0.531. The smallest absolute Gasteiger partial charge is 0.0331 e. The maximum Gasteiger partial charge on any atom is -0.0331 e. The summed E-state index contributed by atoms with van der Waals surface area (Å²) in [6, 6.07) is 0. The highest BCUT2D eigenvalue weighted by molar-refractivity contribution is 7.55. The van der Waals surface area contributed by atoms with E-state index in [9.17, 15) is 0 Å². The normalized spacial score (nSPS) is 10.9. The summed E-state index contributed by atoms with van der Waals surface area (Å²) >= 11 is 0. The summed E-state index contributed by atoms with van der Waals surface area (Å²) in [5, 5.41) is 0. The van der Waals surface area contributed by atoms with Crippen LogP contribution in [0.15, 0.2) is 0 Å². The molecule has 0 aliphatic heterocycles. The summed E-state index contributed by atoms with van der Waals surface area (Å²) in [6.07, 6.45) is 25.1. The van der Waals surface area contributed by atoms with Crippen molar-refractivity contribution in [2.75, 3.05) is 19.5 Å². The number of rotatable bonds is 17. The number of halogens is 1. The molecule has 0 heterocycles. The van der Waals surface area contributed by atoms with E-state index in [0.717, 1.165) is 0 Å². The van der Waals surface area contributed by atoms with Crippen LogP contribution in [0.2, 0.25) is 0 Å². The summed E-state index contributed by atoms with van der Waals surface area (Å²) in [5.74, 6) is 0. The van der Waals surface area contributed by atoms with E-state index in [0.29, 0.717) is 7.92 Å². The highest BCUT2D eigenvalue weighted by atomic mass is 35.5. The Balaban J connectivity index is 0. The molecule has 0 fully saturated rings. The standard InChI is InChI=1S/C20H43P.ClH/c1-4-5-6-7-8-9-10-11-12-13-14-15-16-17-18-19-20-21(2)3;/h4-20H2,1-3H3;1H. The van der Waals surface area contributed by atoms with E-state index < -0.39 is 0 Å². The second-order valence-corrected chi connectivity index (χ2v) is 9.71. The van der Waals surface area contributed by atoms with Gasteiger partial charge in [0.1, 0.15) is 0 Å². The van der Waals surface area contributed by atoms with Gasteiger partial charge in [-0.25, -0.2) is 0 Å². The van der Waals surface area contributed by atoms with Crippen LogP contribution in [0.5, 0.6) is 0 Å². The van der Waals surface area contributed by atoms with Gasteiger partial charge in [-0.15, -0.1) is 20.3 Å². The Bertz CT molecular complexity index is 183. The average Bonchev–Trinajstić information content (AvgIpc) is 2.46. The van der Waals surface area contributed by atoms with E-state index in [1.807, 2.05) is 0 Å². The first-order chi connectivity index (χ1) is 10.3. The third kappa shape index (κ3) is 23.0. The molecule has 22 heavy (non-hydrogen) atoms. The number of hydrogen-bond donors (Lipinski definition) is 0. The monoisotopic (exact) mass is 350 g/mol. The molecule has 0 rings (SSSR count). The van der Waals surface area contributed by atoms with Gasteiger partial charge < -0.3 is 0 Å². The van der Waals surface area contributed by atoms with E-state index in [1.54, 1.807) is 0 Å². The van der Waals surface area contributed by atoms with Crippen LogP contribution in [0, 0.1) is 0 Å². The fourth-order valence-corrected chi connectivity index (χ4v) is 3.83. The van der Waals surface area contributed by atoms with Crippen LogP contribution in [0.25, 0.3) is 0 Å². The van der Waals surface area contributed by atoms with E-state index in [-0.39, 0.29) is 12.4 Å². The lowest BCUT2D eigenvalue weighted by Gasteiger charge is -2.05. The van der Waals surface area contributed by atoms with Crippen LogP contribution in [0.1, 0.15) is 110 Å². The quantitative estimate of drug-likeness (QED) is 0.182. The highest BCUT2D eigenvalue weighted by Gasteiger charge is 1.95. The minimum absolute atomic E-state index is 0. The molecule has 0 aliphatic rings. The Morgan fingerprint density at radius 3 is 1.00 bits per heavy atom. The van der Waals surface area contributed by atoms with Crippen LogP contribution in [0.3, 0.4) is 0 Å². The molecule has 0 atom stereocenters. The van der Waals surface area contributed by atoms with Gasteiger partial charge in [0, 0.05) is 0 Å². The van der Waals surface area contributed by atoms with Crippen molar-refractivity contribution in [1.29, 1.82) is 0 Å². The maximum atomic E-state index is 2.40. The Hall–Kier alpha value is 0.720. The molecule has 136 valence electrons. The summed E-state index contributed by atoms with van der Waals surface area (Å²) in [7, 11) is 0.357. The van der Waals surface area contributed by atoms with Crippen molar-refractivity contribution in [2.24, 2.45) is 0 Å². The molecule has 0 aromatic heterocycles. The summed E-state index contributed by atoms with van der Waals surface area (Å²) in [6.45, 7) is 7.10. The second-order valence-electron chi connectivity index (χ2n) is 7.11. The van der Waals surface area contributed by atoms with Crippen LogP contribution in [-0.4, -0.2) is 19.5 Å². The summed E-state index contributed by atoms with van der Waals surface area (Å²) in [4.78, 5) is 0. The third-order valence-electron chi connectivity index (χ3n) is 4.46. The van der Waals surface area contributed by atoms with Crippen molar-refractivity contribution in [3.63, 3.8) is 0 Å². The molecule has 0 saturated heterocycles. The first-order valence-electron chi connectivity index (χ1n) is 9.92. The first kappa shape index (κ1) is 25.0. The average molecular weight is 351 g/mol. The van der Waals surface area contributed by atoms with Crippen molar-refractivity contribution in [3.05, 3.63) is 0 Å². The fourth-order valence-electron chi connectivity index (χ4n) is 2.98. The predicted molar refractivity (Wildman–Crippen MR) is 110 cm³/mol. The molecule has 0 nitrogen and oxygen atoms in total. The topological polar surface area (TPSA) is 0 Å². The van der Waals surface area contributed by atoms with Gasteiger partial charge in [-0.2, -0.15) is 0 Å². The molecule has 0 amide bonds. The predicted octanol–water partition coefficient (Wildman–Crippen LogP) is 8.41. The van der Waals surface area contributed by atoms with Crippen molar-refractivity contribution < 1.29 is 0 Å². The number of hydrogen-bond acceptors (Lipinski definition) is 0. The molecular weight excluding hydrogens is 307 g/mol. The van der Waals surface area contributed by atoms with Crippen LogP contribution in [0.4, 0.5) is 0 Å². The van der Waals surface area contributed by atoms with E-state index in [4.69, 9.17) is 0 Å². The van der Waals surface area contributed by atoms with Gasteiger partial charge in [-0.3, -0.25) is 0 Å². The van der Waals surface area contributed by atoms with Gasteiger partial charge in [0.25, 0.3) is 0 Å². The lowest BCUT2D eigenvalue weighted by atomic mass is 10.0. The first-order valence-corrected chi connectivity index (χ1v) is 12.3. The van der Waals surface area contributed by atoms with Gasteiger partial charge >= 0.3 is 0 Å².